The van der Waals surface area contributed by atoms with Gasteiger partial charge in [-0.15, -0.1) is 4.68 Å². The van der Waals surface area contributed by atoms with Crippen LogP contribution in [-0.4, -0.2) is 53.6 Å². The van der Waals surface area contributed by atoms with Gasteiger partial charge in [-0.05, 0) is 13.8 Å². The smallest absolute Gasteiger partial charge is 0.347 e. The molecule has 7 nitrogen and oxygen atoms in total. The van der Waals surface area contributed by atoms with Crippen LogP contribution in [-0.2, 0) is 15.6 Å². The highest BCUT2D eigenvalue weighted by Crippen LogP contribution is 2.16. The topological polar surface area (TPSA) is 92.5 Å². The molecule has 0 bridgehead atoms. The van der Waals surface area contributed by atoms with Crippen LogP contribution in [0.3, 0.4) is 0 Å². The Kier molecular flexibility index (Phi) is 4.00. The zero-order chi connectivity index (χ0) is 14.1. The molecule has 0 aromatic carbocycles. The summed E-state index contributed by atoms with van der Waals surface area (Å²) < 4.78 is 24.2. The van der Waals surface area contributed by atoms with E-state index in [0.29, 0.717) is 0 Å². The first-order valence-electron chi connectivity index (χ1n) is 5.36. The third-order valence-electron chi connectivity index (χ3n) is 2.37. The molecule has 18 heavy (non-hydrogen) atoms. The monoisotopic (exact) mass is 275 g/mol. The molecule has 1 aromatic heterocycles. The van der Waals surface area contributed by atoms with E-state index in [1.165, 1.54) is 25.1 Å². The Morgan fingerprint density at radius 2 is 2.06 bits per heavy atom. The van der Waals surface area contributed by atoms with E-state index in [4.69, 9.17) is 0 Å². The third-order valence-corrected chi connectivity index (χ3v) is 4.51. The van der Waals surface area contributed by atoms with Gasteiger partial charge in [0.2, 0.25) is 5.88 Å². The van der Waals surface area contributed by atoms with E-state index in [-0.39, 0.29) is 17.3 Å². The molecule has 0 aliphatic carbocycles. The van der Waals surface area contributed by atoms with Crippen LogP contribution < -0.4 is 0 Å². The van der Waals surface area contributed by atoms with Crippen molar-refractivity contribution in [1.82, 2.24) is 14.7 Å². The number of hydrogen-bond donors (Lipinski definition) is 1. The maximum atomic E-state index is 11.7. The van der Waals surface area contributed by atoms with Crippen LogP contribution in [0.15, 0.2) is 6.07 Å². The number of aromatic nitrogens is 2. The quantitative estimate of drug-likeness (QED) is 0.864. The molecule has 0 spiro atoms. The van der Waals surface area contributed by atoms with Crippen LogP contribution >= 0.6 is 0 Å². The van der Waals surface area contributed by atoms with Crippen molar-refractivity contribution in [2.45, 2.75) is 24.9 Å². The zero-order valence-corrected chi connectivity index (χ0v) is 11.6. The van der Waals surface area contributed by atoms with Crippen molar-refractivity contribution < 1.29 is 18.3 Å². The maximum Gasteiger partial charge on any atom is 0.347 e. The van der Waals surface area contributed by atoms with Gasteiger partial charge in [-0.25, -0.2) is 13.2 Å². The minimum absolute atomic E-state index is 0.149. The second-order valence-electron chi connectivity index (χ2n) is 4.44. The number of sulfone groups is 1. The predicted molar refractivity (Wildman–Crippen MR) is 66.1 cm³/mol. The number of rotatable bonds is 3. The molecule has 0 aliphatic heterocycles. The van der Waals surface area contributed by atoms with Crippen LogP contribution in [0.5, 0.6) is 5.88 Å². The molecule has 102 valence electrons. The normalized spacial score (nSPS) is 11.8. The van der Waals surface area contributed by atoms with Gasteiger partial charge < -0.3 is 10.0 Å². The largest absolute Gasteiger partial charge is 0.493 e. The lowest BCUT2D eigenvalue weighted by molar-refractivity contribution is 0.212. The molecule has 0 saturated carbocycles. The van der Waals surface area contributed by atoms with Crippen LogP contribution in [0.2, 0.25) is 0 Å². The summed E-state index contributed by atoms with van der Waals surface area (Å²) in [4.78, 5) is 12.8. The molecular formula is C10H17N3O4S. The molecule has 1 amide bonds. The molecule has 8 heteroatoms. The summed E-state index contributed by atoms with van der Waals surface area (Å²) >= 11 is 0. The number of carbonyl (C=O) groups is 1. The van der Waals surface area contributed by atoms with Crippen molar-refractivity contribution in [3.05, 3.63) is 11.8 Å². The molecule has 0 radical (unpaired) electrons. The van der Waals surface area contributed by atoms with Gasteiger partial charge >= 0.3 is 6.03 Å². The van der Waals surface area contributed by atoms with Crippen molar-refractivity contribution in [3.8, 4) is 5.88 Å². The zero-order valence-electron chi connectivity index (χ0n) is 10.8. The van der Waals surface area contributed by atoms with Gasteiger partial charge in [-0.3, -0.25) is 0 Å². The van der Waals surface area contributed by atoms with Crippen LogP contribution in [0.1, 0.15) is 19.5 Å². The number of amides is 1. The molecule has 1 heterocycles. The standard InChI is InChI=1S/C10H17N3O4S/c1-7(2)18(16,17)6-8-5-9(14)13(11-8)10(15)12(3)4/h5,7,14H,6H2,1-4H3. The minimum Gasteiger partial charge on any atom is -0.493 e. The van der Waals surface area contributed by atoms with E-state index in [2.05, 4.69) is 5.10 Å². The minimum atomic E-state index is -3.31. The van der Waals surface area contributed by atoms with Gasteiger partial charge in [0.25, 0.3) is 0 Å². The maximum absolute atomic E-state index is 11.7. The molecule has 1 aromatic rings. The Hall–Kier alpha value is -1.57. The molecule has 0 saturated heterocycles. The van der Waals surface area contributed by atoms with Crippen molar-refractivity contribution in [2.75, 3.05) is 14.1 Å². The Morgan fingerprint density at radius 1 is 1.50 bits per heavy atom. The highest BCUT2D eigenvalue weighted by atomic mass is 32.2. The fourth-order valence-electron chi connectivity index (χ4n) is 1.19. The number of carbonyl (C=O) groups excluding carboxylic acids is 1. The average molecular weight is 275 g/mol. The highest BCUT2D eigenvalue weighted by Gasteiger charge is 2.21. The molecule has 0 unspecified atom stereocenters. The molecule has 0 fully saturated rings. The summed E-state index contributed by atoms with van der Waals surface area (Å²) in [7, 11) is -0.297. The van der Waals surface area contributed by atoms with Crippen molar-refractivity contribution in [1.29, 1.82) is 0 Å². The van der Waals surface area contributed by atoms with Gasteiger partial charge in [0.15, 0.2) is 9.84 Å². The van der Waals surface area contributed by atoms with Gasteiger partial charge in [0, 0.05) is 20.2 Å². The third kappa shape index (κ3) is 3.00. The van der Waals surface area contributed by atoms with Crippen LogP contribution in [0.4, 0.5) is 4.79 Å². The lowest BCUT2D eigenvalue weighted by atomic mass is 10.5. The van der Waals surface area contributed by atoms with E-state index in [1.807, 2.05) is 0 Å². The van der Waals surface area contributed by atoms with E-state index < -0.39 is 21.1 Å². The summed E-state index contributed by atoms with van der Waals surface area (Å²) in [5.74, 6) is -0.672. The second-order valence-corrected chi connectivity index (χ2v) is 7.00. The fourth-order valence-corrected chi connectivity index (χ4v) is 2.08. The Morgan fingerprint density at radius 3 is 2.50 bits per heavy atom. The van der Waals surface area contributed by atoms with E-state index >= 15 is 0 Å². The van der Waals surface area contributed by atoms with Crippen molar-refractivity contribution in [2.24, 2.45) is 0 Å². The Bertz CT molecular complexity index is 545. The highest BCUT2D eigenvalue weighted by molar-refractivity contribution is 7.91. The average Bonchev–Trinajstić information content (AvgIpc) is 2.56. The summed E-state index contributed by atoms with van der Waals surface area (Å²) in [6.07, 6.45) is 0. The Balaban J connectivity index is 3.03. The lowest BCUT2D eigenvalue weighted by Crippen LogP contribution is -2.28. The molecule has 0 atom stereocenters. The van der Waals surface area contributed by atoms with Crippen molar-refractivity contribution >= 4 is 15.9 Å². The molecule has 0 aliphatic rings. The number of aromatic hydroxyl groups is 1. The first-order chi connectivity index (χ1) is 8.15. The van der Waals surface area contributed by atoms with Gasteiger partial charge in [0.1, 0.15) is 0 Å². The van der Waals surface area contributed by atoms with Gasteiger partial charge in [0.05, 0.1) is 16.7 Å². The van der Waals surface area contributed by atoms with Crippen molar-refractivity contribution in [3.63, 3.8) is 0 Å². The van der Waals surface area contributed by atoms with Crippen LogP contribution in [0.25, 0.3) is 0 Å². The SMILES string of the molecule is CC(C)S(=O)(=O)Cc1cc(O)n(C(=O)N(C)C)n1. The first kappa shape index (κ1) is 14.5. The van der Waals surface area contributed by atoms with E-state index in [1.54, 1.807) is 13.8 Å². The van der Waals surface area contributed by atoms with Gasteiger partial charge in [-0.1, -0.05) is 0 Å². The van der Waals surface area contributed by atoms with Crippen LogP contribution in [0, 0.1) is 0 Å². The summed E-state index contributed by atoms with van der Waals surface area (Å²) in [5, 5.41) is 12.8. The second kappa shape index (κ2) is 4.97. The summed E-state index contributed by atoms with van der Waals surface area (Å²) in [6, 6.07) is 0.641. The number of nitrogens with zero attached hydrogens (tertiary/aromatic N) is 3. The van der Waals surface area contributed by atoms with E-state index in [0.717, 1.165) is 4.68 Å². The Labute approximate surface area is 106 Å². The number of hydrogen-bond acceptors (Lipinski definition) is 5. The summed E-state index contributed by atoms with van der Waals surface area (Å²) in [6.45, 7) is 3.13. The predicted octanol–water partition coefficient (Wildman–Crippen LogP) is 0.442. The van der Waals surface area contributed by atoms with Gasteiger partial charge in [-0.2, -0.15) is 5.10 Å². The molecular weight excluding hydrogens is 258 g/mol. The van der Waals surface area contributed by atoms with E-state index in [9.17, 15) is 18.3 Å². The fraction of sp³-hybridized carbons (Fsp3) is 0.600. The lowest BCUT2D eigenvalue weighted by Gasteiger charge is -2.09. The summed E-state index contributed by atoms with van der Waals surface area (Å²) in [5.41, 5.74) is 0.149. The molecule has 1 N–H and O–H groups in total. The first-order valence-corrected chi connectivity index (χ1v) is 7.08. The molecule has 1 rings (SSSR count).